The summed E-state index contributed by atoms with van der Waals surface area (Å²) in [6.07, 6.45) is -2.67. The maximum absolute atomic E-state index is 11.9. The quantitative estimate of drug-likeness (QED) is 0.870. The Hall–Kier alpha value is 0.1000. The van der Waals surface area contributed by atoms with Crippen LogP contribution >= 0.6 is 35.3 Å². The van der Waals surface area contributed by atoms with E-state index in [0.717, 1.165) is 0 Å². The van der Waals surface area contributed by atoms with E-state index in [1.807, 2.05) is 0 Å². The van der Waals surface area contributed by atoms with Gasteiger partial charge in [-0.1, -0.05) is 11.6 Å². The van der Waals surface area contributed by atoms with Crippen molar-refractivity contribution < 1.29 is 8.78 Å². The first-order valence-corrected chi connectivity index (χ1v) is 4.58. The third kappa shape index (κ3) is 4.22. The summed E-state index contributed by atoms with van der Waals surface area (Å²) >= 11 is 6.86. The van der Waals surface area contributed by atoms with Crippen molar-refractivity contribution in [2.24, 2.45) is 5.73 Å². The molecular formula is C7H9Cl2F2NS. The molecule has 0 saturated heterocycles. The van der Waals surface area contributed by atoms with Crippen LogP contribution in [0.2, 0.25) is 4.34 Å². The molecule has 2 N–H and O–H groups in total. The largest absolute Gasteiger partial charge is 0.323 e. The second kappa shape index (κ2) is 5.75. The Labute approximate surface area is 90.3 Å². The molecule has 0 aliphatic heterocycles. The molecule has 0 unspecified atom stereocenters. The molecule has 0 aliphatic carbocycles. The van der Waals surface area contributed by atoms with Crippen LogP contribution in [0.1, 0.15) is 17.3 Å². The summed E-state index contributed by atoms with van der Waals surface area (Å²) in [6, 6.07) is 2.75. The summed E-state index contributed by atoms with van der Waals surface area (Å²) in [6.45, 7) is 0. The zero-order valence-corrected chi connectivity index (χ0v) is 8.93. The number of thiophene rings is 1. The second-order valence-electron chi connectivity index (χ2n) is 2.38. The lowest BCUT2D eigenvalue weighted by atomic mass is 10.2. The van der Waals surface area contributed by atoms with Crippen molar-refractivity contribution in [2.45, 2.75) is 18.9 Å². The maximum Gasteiger partial charge on any atom is 0.240 e. The second-order valence-corrected chi connectivity index (χ2v) is 4.12. The fourth-order valence-corrected chi connectivity index (χ4v) is 1.91. The molecule has 1 rings (SSSR count). The predicted octanol–water partition coefficient (Wildman–Crippen LogP) is 3.48. The lowest BCUT2D eigenvalue weighted by Crippen LogP contribution is -2.12. The van der Waals surface area contributed by atoms with Crippen molar-refractivity contribution in [1.82, 2.24) is 0 Å². The van der Waals surface area contributed by atoms with E-state index in [4.69, 9.17) is 17.3 Å². The predicted molar refractivity (Wildman–Crippen MR) is 54.1 cm³/mol. The molecule has 0 saturated carbocycles. The van der Waals surface area contributed by atoms with Crippen molar-refractivity contribution in [3.8, 4) is 0 Å². The van der Waals surface area contributed by atoms with E-state index in [9.17, 15) is 8.78 Å². The molecule has 0 spiro atoms. The van der Waals surface area contributed by atoms with Crippen molar-refractivity contribution in [2.75, 3.05) is 0 Å². The van der Waals surface area contributed by atoms with Gasteiger partial charge in [0, 0.05) is 17.3 Å². The molecule has 0 aromatic carbocycles. The molecule has 76 valence electrons. The summed E-state index contributed by atoms with van der Waals surface area (Å²) in [5.74, 6) is 0. The third-order valence-electron chi connectivity index (χ3n) is 1.39. The van der Waals surface area contributed by atoms with Gasteiger partial charge in [0.1, 0.15) is 0 Å². The number of alkyl halides is 2. The van der Waals surface area contributed by atoms with Crippen LogP contribution in [-0.4, -0.2) is 6.43 Å². The molecule has 1 aromatic rings. The monoisotopic (exact) mass is 247 g/mol. The highest BCUT2D eigenvalue weighted by atomic mass is 35.5. The first-order valence-electron chi connectivity index (χ1n) is 3.38. The van der Waals surface area contributed by atoms with Gasteiger partial charge in [0.25, 0.3) is 0 Å². The highest BCUT2D eigenvalue weighted by Gasteiger charge is 2.14. The van der Waals surface area contributed by atoms with Gasteiger partial charge in [0.05, 0.1) is 4.34 Å². The van der Waals surface area contributed by atoms with Crippen molar-refractivity contribution in [3.05, 3.63) is 21.3 Å². The van der Waals surface area contributed by atoms with Gasteiger partial charge in [-0.05, 0) is 12.1 Å². The Kier molecular flexibility index (Phi) is 5.80. The Morgan fingerprint density at radius 1 is 1.46 bits per heavy atom. The zero-order valence-electron chi connectivity index (χ0n) is 6.54. The van der Waals surface area contributed by atoms with Gasteiger partial charge in [0.2, 0.25) is 6.43 Å². The van der Waals surface area contributed by atoms with Crippen LogP contribution in [-0.2, 0) is 0 Å². The molecule has 6 heteroatoms. The van der Waals surface area contributed by atoms with E-state index >= 15 is 0 Å². The van der Waals surface area contributed by atoms with Crippen LogP contribution in [0.25, 0.3) is 0 Å². The highest BCUT2D eigenvalue weighted by Crippen LogP contribution is 2.28. The van der Waals surface area contributed by atoms with Gasteiger partial charge < -0.3 is 5.73 Å². The average Bonchev–Trinajstić information content (AvgIpc) is 2.34. The van der Waals surface area contributed by atoms with Crippen LogP contribution in [0.15, 0.2) is 12.1 Å². The molecule has 0 fully saturated rings. The normalized spacial score (nSPS) is 12.7. The van der Waals surface area contributed by atoms with Crippen LogP contribution in [0, 0.1) is 0 Å². The fourth-order valence-electron chi connectivity index (χ4n) is 0.836. The zero-order chi connectivity index (χ0) is 9.14. The minimum absolute atomic E-state index is 0. The number of nitrogens with two attached hydrogens (primary N) is 1. The molecule has 0 bridgehead atoms. The molecule has 0 radical (unpaired) electrons. The van der Waals surface area contributed by atoms with Crippen LogP contribution < -0.4 is 5.73 Å². The smallest absolute Gasteiger partial charge is 0.240 e. The molecule has 0 aliphatic rings. The summed E-state index contributed by atoms with van der Waals surface area (Å²) in [7, 11) is 0. The topological polar surface area (TPSA) is 26.0 Å². The standard InChI is InChI=1S/C7H8ClF2NS.ClH/c8-6-2-1-5(12-6)4(11)3-7(9)10;/h1-2,4,7H,3,11H2;1H/t4-;/m0./s1. The number of hydrogen-bond donors (Lipinski definition) is 1. The fraction of sp³-hybridized carbons (Fsp3) is 0.429. The van der Waals surface area contributed by atoms with E-state index < -0.39 is 12.5 Å². The van der Waals surface area contributed by atoms with Gasteiger partial charge in [-0.25, -0.2) is 8.78 Å². The van der Waals surface area contributed by atoms with Crippen LogP contribution in [0.5, 0.6) is 0 Å². The van der Waals surface area contributed by atoms with E-state index in [-0.39, 0.29) is 18.8 Å². The average molecular weight is 248 g/mol. The number of hydrogen-bond acceptors (Lipinski definition) is 2. The molecular weight excluding hydrogens is 239 g/mol. The summed E-state index contributed by atoms with van der Waals surface area (Å²) in [5, 5.41) is 0. The van der Waals surface area contributed by atoms with Gasteiger partial charge in [0.15, 0.2) is 0 Å². The van der Waals surface area contributed by atoms with Crippen molar-refractivity contribution in [3.63, 3.8) is 0 Å². The minimum Gasteiger partial charge on any atom is -0.323 e. The molecule has 1 aromatic heterocycles. The molecule has 1 nitrogen and oxygen atoms in total. The Morgan fingerprint density at radius 2 is 2.08 bits per heavy atom. The summed E-state index contributed by atoms with van der Waals surface area (Å²) in [4.78, 5) is 0.709. The minimum atomic E-state index is -2.36. The molecule has 13 heavy (non-hydrogen) atoms. The maximum atomic E-state index is 11.9. The first-order chi connectivity index (χ1) is 5.59. The van der Waals surface area contributed by atoms with E-state index in [1.54, 1.807) is 12.1 Å². The first kappa shape index (κ1) is 13.1. The van der Waals surface area contributed by atoms with Gasteiger partial charge >= 0.3 is 0 Å². The SMILES string of the molecule is Cl.N[C@@H](CC(F)F)c1ccc(Cl)s1. The molecule has 1 heterocycles. The van der Waals surface area contributed by atoms with E-state index in [2.05, 4.69) is 0 Å². The van der Waals surface area contributed by atoms with Gasteiger partial charge in [-0.15, -0.1) is 23.7 Å². The van der Waals surface area contributed by atoms with Gasteiger partial charge in [-0.2, -0.15) is 0 Å². The highest BCUT2D eigenvalue weighted by molar-refractivity contribution is 7.16. The van der Waals surface area contributed by atoms with Crippen LogP contribution in [0.3, 0.4) is 0 Å². The Morgan fingerprint density at radius 3 is 2.46 bits per heavy atom. The summed E-state index contributed by atoms with van der Waals surface area (Å²) in [5.41, 5.74) is 5.48. The molecule has 1 atom stereocenters. The lowest BCUT2D eigenvalue weighted by Gasteiger charge is -2.07. The van der Waals surface area contributed by atoms with Crippen molar-refractivity contribution in [1.29, 1.82) is 0 Å². The Balaban J connectivity index is 0.00000144. The summed E-state index contributed by atoms with van der Waals surface area (Å²) < 4.78 is 24.3. The third-order valence-corrected chi connectivity index (χ3v) is 2.75. The van der Waals surface area contributed by atoms with Crippen molar-refractivity contribution >= 4 is 35.3 Å². The van der Waals surface area contributed by atoms with Crippen LogP contribution in [0.4, 0.5) is 8.78 Å². The lowest BCUT2D eigenvalue weighted by molar-refractivity contribution is 0.129. The van der Waals surface area contributed by atoms with Gasteiger partial charge in [-0.3, -0.25) is 0 Å². The van der Waals surface area contributed by atoms with E-state index in [1.165, 1.54) is 11.3 Å². The Bertz CT molecular complexity index is 254. The number of halogens is 4. The molecule has 0 amide bonds. The number of rotatable bonds is 3. The van der Waals surface area contributed by atoms with E-state index in [0.29, 0.717) is 9.21 Å².